The number of likely N-dealkylation sites (N-methyl/N-ethyl adjacent to an activating group) is 1. The standard InChI is InChI=1S/C15H29N2O2S/c1-17(10-6-3-7-11-17)15-13-20(18,19)12-14(15)16-8-4-2-5-9-16/h14-15H,2-13H2,1H3/q+1/t14-,15-/m1/s1. The van der Waals surface area contributed by atoms with Crippen molar-refractivity contribution in [1.29, 1.82) is 0 Å². The average molecular weight is 301 g/mol. The van der Waals surface area contributed by atoms with Gasteiger partial charge in [-0.05, 0) is 45.2 Å². The van der Waals surface area contributed by atoms with E-state index in [0.717, 1.165) is 17.6 Å². The first kappa shape index (κ1) is 14.8. The van der Waals surface area contributed by atoms with E-state index in [9.17, 15) is 8.42 Å². The molecule has 0 amide bonds. The van der Waals surface area contributed by atoms with Crippen LogP contribution in [0, 0.1) is 0 Å². The average Bonchev–Trinajstić information content (AvgIpc) is 2.78. The fourth-order valence-electron chi connectivity index (χ4n) is 4.57. The second-order valence-electron chi connectivity index (χ2n) is 7.30. The van der Waals surface area contributed by atoms with Crippen LogP contribution in [0.25, 0.3) is 0 Å². The maximum atomic E-state index is 12.2. The maximum Gasteiger partial charge on any atom is 0.157 e. The maximum absolute atomic E-state index is 12.2. The number of piperidine rings is 2. The van der Waals surface area contributed by atoms with Gasteiger partial charge in [0.1, 0.15) is 11.8 Å². The summed E-state index contributed by atoms with van der Waals surface area (Å²) in [6.07, 6.45) is 7.65. The first-order valence-corrected chi connectivity index (χ1v) is 10.1. The number of likely N-dealkylation sites (tertiary alicyclic amines) is 2. The van der Waals surface area contributed by atoms with Gasteiger partial charge in [-0.15, -0.1) is 0 Å². The summed E-state index contributed by atoms with van der Waals surface area (Å²) in [6, 6.07) is 0.599. The summed E-state index contributed by atoms with van der Waals surface area (Å²) in [5, 5.41) is 0. The summed E-state index contributed by atoms with van der Waals surface area (Å²) in [5.74, 6) is 0.830. The van der Waals surface area contributed by atoms with Crippen molar-refractivity contribution in [3.63, 3.8) is 0 Å². The van der Waals surface area contributed by atoms with Crippen LogP contribution < -0.4 is 0 Å². The van der Waals surface area contributed by atoms with E-state index < -0.39 is 9.84 Å². The van der Waals surface area contributed by atoms with E-state index in [0.29, 0.717) is 17.5 Å². The quantitative estimate of drug-likeness (QED) is 0.721. The Morgan fingerprint density at radius 3 is 2.15 bits per heavy atom. The van der Waals surface area contributed by atoms with Crippen molar-refractivity contribution in [2.45, 2.75) is 50.6 Å². The fraction of sp³-hybridized carbons (Fsp3) is 1.00. The zero-order valence-corrected chi connectivity index (χ0v) is 13.6. The van der Waals surface area contributed by atoms with Crippen molar-refractivity contribution in [3.8, 4) is 0 Å². The van der Waals surface area contributed by atoms with Gasteiger partial charge in [0.2, 0.25) is 0 Å². The predicted octanol–water partition coefficient (Wildman–Crippen LogP) is 1.27. The smallest absolute Gasteiger partial charge is 0.157 e. The first-order valence-electron chi connectivity index (χ1n) is 8.29. The summed E-state index contributed by atoms with van der Waals surface area (Å²) in [7, 11) is -0.532. The molecule has 0 aromatic carbocycles. The second-order valence-corrected chi connectivity index (χ2v) is 9.45. The Bertz CT molecular complexity index is 437. The number of quaternary nitrogens is 1. The normalized spacial score (nSPS) is 37.9. The minimum absolute atomic E-state index is 0.281. The third-order valence-corrected chi connectivity index (χ3v) is 7.49. The Hall–Kier alpha value is -0.130. The molecule has 3 rings (SSSR count). The van der Waals surface area contributed by atoms with Crippen molar-refractivity contribution in [2.24, 2.45) is 0 Å². The third-order valence-electron chi connectivity index (χ3n) is 5.79. The zero-order chi connectivity index (χ0) is 14.2. The van der Waals surface area contributed by atoms with E-state index in [1.807, 2.05) is 0 Å². The van der Waals surface area contributed by atoms with E-state index in [1.54, 1.807) is 0 Å². The minimum Gasteiger partial charge on any atom is -0.321 e. The largest absolute Gasteiger partial charge is 0.321 e. The number of nitrogens with zero attached hydrogens (tertiary/aromatic N) is 2. The van der Waals surface area contributed by atoms with Crippen LogP contribution in [0.3, 0.4) is 0 Å². The molecule has 3 aliphatic rings. The van der Waals surface area contributed by atoms with Gasteiger partial charge in [0.05, 0.1) is 31.9 Å². The number of hydrogen-bond acceptors (Lipinski definition) is 3. The van der Waals surface area contributed by atoms with E-state index in [-0.39, 0.29) is 6.04 Å². The molecule has 3 saturated heterocycles. The molecule has 0 aromatic heterocycles. The summed E-state index contributed by atoms with van der Waals surface area (Å²) < 4.78 is 25.5. The first-order chi connectivity index (χ1) is 9.50. The lowest BCUT2D eigenvalue weighted by atomic mass is 9.98. The van der Waals surface area contributed by atoms with Gasteiger partial charge in [0, 0.05) is 0 Å². The van der Waals surface area contributed by atoms with Gasteiger partial charge in [-0.25, -0.2) is 8.42 Å². The Kier molecular flexibility index (Phi) is 4.13. The summed E-state index contributed by atoms with van der Waals surface area (Å²) >= 11 is 0. The van der Waals surface area contributed by atoms with Crippen LogP contribution >= 0.6 is 0 Å². The molecule has 0 N–H and O–H groups in total. The van der Waals surface area contributed by atoms with Crippen LogP contribution in [-0.2, 0) is 9.84 Å². The molecular weight excluding hydrogens is 272 g/mol. The molecule has 20 heavy (non-hydrogen) atoms. The van der Waals surface area contributed by atoms with Gasteiger partial charge >= 0.3 is 0 Å². The topological polar surface area (TPSA) is 37.4 Å². The number of rotatable bonds is 2. The van der Waals surface area contributed by atoms with Crippen LogP contribution in [0.5, 0.6) is 0 Å². The van der Waals surface area contributed by atoms with E-state index >= 15 is 0 Å². The van der Waals surface area contributed by atoms with Crippen molar-refractivity contribution >= 4 is 9.84 Å². The van der Waals surface area contributed by atoms with Crippen LogP contribution in [0.2, 0.25) is 0 Å². The molecule has 0 aromatic rings. The minimum atomic E-state index is -2.84. The van der Waals surface area contributed by atoms with Crippen molar-refractivity contribution in [1.82, 2.24) is 4.90 Å². The molecule has 0 aliphatic carbocycles. The monoisotopic (exact) mass is 301 g/mol. The highest BCUT2D eigenvalue weighted by Gasteiger charge is 2.50. The van der Waals surface area contributed by atoms with Crippen molar-refractivity contribution < 1.29 is 12.9 Å². The fourth-order valence-corrected chi connectivity index (χ4v) is 6.76. The molecule has 2 atom stereocenters. The molecule has 3 heterocycles. The van der Waals surface area contributed by atoms with Gasteiger partial charge in [-0.2, -0.15) is 0 Å². The molecular formula is C15H29N2O2S+. The molecule has 0 spiro atoms. The van der Waals surface area contributed by atoms with Gasteiger partial charge in [-0.3, -0.25) is 4.90 Å². The summed E-state index contributed by atoms with van der Waals surface area (Å²) in [4.78, 5) is 2.50. The molecule has 0 radical (unpaired) electrons. The Labute approximate surface area is 123 Å². The van der Waals surface area contributed by atoms with Gasteiger partial charge < -0.3 is 4.48 Å². The molecule has 0 unspecified atom stereocenters. The van der Waals surface area contributed by atoms with E-state index in [2.05, 4.69) is 11.9 Å². The predicted molar refractivity (Wildman–Crippen MR) is 81.4 cm³/mol. The Morgan fingerprint density at radius 2 is 1.50 bits per heavy atom. The van der Waals surface area contributed by atoms with Gasteiger partial charge in [0.25, 0.3) is 0 Å². The Morgan fingerprint density at radius 1 is 0.900 bits per heavy atom. The highest BCUT2D eigenvalue weighted by atomic mass is 32.2. The molecule has 116 valence electrons. The van der Waals surface area contributed by atoms with Crippen LogP contribution in [-0.4, -0.2) is 74.6 Å². The van der Waals surface area contributed by atoms with Crippen LogP contribution in [0.4, 0.5) is 0 Å². The third kappa shape index (κ3) is 2.90. The molecule has 3 fully saturated rings. The van der Waals surface area contributed by atoms with Gasteiger partial charge in [-0.1, -0.05) is 6.42 Å². The Balaban J connectivity index is 1.82. The van der Waals surface area contributed by atoms with Gasteiger partial charge in [0.15, 0.2) is 9.84 Å². The van der Waals surface area contributed by atoms with Crippen LogP contribution in [0.15, 0.2) is 0 Å². The highest BCUT2D eigenvalue weighted by Crippen LogP contribution is 2.32. The van der Waals surface area contributed by atoms with Crippen molar-refractivity contribution in [2.75, 3.05) is 44.7 Å². The molecule has 5 heteroatoms. The lowest BCUT2D eigenvalue weighted by Gasteiger charge is -2.47. The van der Waals surface area contributed by atoms with E-state index in [1.165, 1.54) is 51.6 Å². The summed E-state index contributed by atoms with van der Waals surface area (Å²) in [6.45, 7) is 4.56. The lowest BCUT2D eigenvalue weighted by Crippen LogP contribution is -2.63. The van der Waals surface area contributed by atoms with Crippen LogP contribution in [0.1, 0.15) is 38.5 Å². The van der Waals surface area contributed by atoms with Crippen molar-refractivity contribution in [3.05, 3.63) is 0 Å². The molecule has 4 nitrogen and oxygen atoms in total. The molecule has 0 saturated carbocycles. The highest BCUT2D eigenvalue weighted by molar-refractivity contribution is 7.91. The molecule has 3 aliphatic heterocycles. The van der Waals surface area contributed by atoms with E-state index in [4.69, 9.17) is 0 Å². The summed E-state index contributed by atoms with van der Waals surface area (Å²) in [5.41, 5.74) is 0. The molecule has 0 bridgehead atoms. The second kappa shape index (κ2) is 5.58. The number of sulfone groups is 1. The number of hydrogen-bond donors (Lipinski definition) is 0. The SMILES string of the molecule is C[N+]1([C@@H]2CS(=O)(=O)C[C@H]2N2CCCCC2)CCCCC1. The lowest BCUT2D eigenvalue weighted by molar-refractivity contribution is -0.936. The zero-order valence-electron chi connectivity index (χ0n) is 12.8.